The highest BCUT2D eigenvalue weighted by atomic mass is 35.5. The summed E-state index contributed by atoms with van der Waals surface area (Å²) in [6.07, 6.45) is 7.28. The number of aryl methyl sites for hydroxylation is 1. The van der Waals surface area contributed by atoms with Crippen LogP contribution in [-0.2, 0) is 16.8 Å². The zero-order chi connectivity index (χ0) is 25.2. The Kier molecular flexibility index (Phi) is 5.64. The Bertz CT molecular complexity index is 1520. The number of fused-ring (bicyclic) bond motifs is 1. The van der Waals surface area contributed by atoms with Gasteiger partial charge in [-0.3, -0.25) is 9.48 Å². The van der Waals surface area contributed by atoms with E-state index in [0.29, 0.717) is 28.6 Å². The van der Waals surface area contributed by atoms with Crippen molar-refractivity contribution in [3.63, 3.8) is 0 Å². The largest absolute Gasteiger partial charge is 0.481 e. The third-order valence-electron chi connectivity index (χ3n) is 7.16. The minimum Gasteiger partial charge on any atom is -0.481 e. The van der Waals surface area contributed by atoms with Crippen molar-refractivity contribution in [1.82, 2.24) is 14.3 Å². The lowest BCUT2D eigenvalue weighted by Crippen LogP contribution is -2.21. The van der Waals surface area contributed by atoms with Crippen molar-refractivity contribution in [2.24, 2.45) is 0 Å². The number of carboxylic acids is 1. The van der Waals surface area contributed by atoms with Crippen molar-refractivity contribution in [3.8, 4) is 5.69 Å². The summed E-state index contributed by atoms with van der Waals surface area (Å²) in [5, 5.41) is 14.8. The van der Waals surface area contributed by atoms with Gasteiger partial charge in [0, 0.05) is 45.1 Å². The standard InChI is InChI=1S/C27H24ClF2N3O2S/c1-2-12-32-14-16(13-31-32)33-23(15-6-7-15)25(17-8-9-19(28)22(30)24(17)33)36-20-5-3-4-18(21(20)29)27(10-11-27)26(34)35/h3-5,8-9,13-15H,2,6-7,10-12H2,1H3,(H,34,35). The lowest BCUT2D eigenvalue weighted by molar-refractivity contribution is -0.140. The molecule has 4 aromatic rings. The van der Waals surface area contributed by atoms with E-state index in [9.17, 15) is 9.90 Å². The first-order chi connectivity index (χ1) is 17.4. The number of aromatic nitrogens is 3. The Morgan fingerprint density at radius 3 is 2.67 bits per heavy atom. The number of nitrogens with zero attached hydrogens (tertiary/aromatic N) is 3. The normalized spacial score (nSPS) is 16.6. The van der Waals surface area contributed by atoms with Gasteiger partial charge in [0.25, 0.3) is 0 Å². The second-order valence-electron chi connectivity index (χ2n) is 9.65. The SMILES string of the molecule is CCCn1cc(-n2c(C3CC3)c(Sc3cccc(C4(C(=O)O)CC4)c3F)c3ccc(Cl)c(F)c32)cn1. The number of hydrogen-bond acceptors (Lipinski definition) is 3. The van der Waals surface area contributed by atoms with Gasteiger partial charge < -0.3 is 9.67 Å². The van der Waals surface area contributed by atoms with Crippen LogP contribution in [0.15, 0.2) is 52.5 Å². The van der Waals surface area contributed by atoms with Gasteiger partial charge in [0.15, 0.2) is 5.82 Å². The molecule has 0 spiro atoms. The zero-order valence-electron chi connectivity index (χ0n) is 19.6. The van der Waals surface area contributed by atoms with Crippen molar-refractivity contribution in [2.45, 2.75) is 66.7 Å². The van der Waals surface area contributed by atoms with E-state index in [1.165, 1.54) is 17.8 Å². The van der Waals surface area contributed by atoms with Gasteiger partial charge in [-0.15, -0.1) is 0 Å². The van der Waals surface area contributed by atoms with Crippen LogP contribution >= 0.6 is 23.4 Å². The summed E-state index contributed by atoms with van der Waals surface area (Å²) in [6, 6.07) is 8.23. The minimum absolute atomic E-state index is 0.0198. The van der Waals surface area contributed by atoms with Gasteiger partial charge in [-0.2, -0.15) is 5.10 Å². The Morgan fingerprint density at radius 2 is 2.00 bits per heavy atom. The molecule has 2 saturated carbocycles. The molecule has 1 N–H and O–H groups in total. The first kappa shape index (κ1) is 23.6. The van der Waals surface area contributed by atoms with E-state index in [-0.39, 0.29) is 16.5 Å². The zero-order valence-corrected chi connectivity index (χ0v) is 21.2. The maximum absolute atomic E-state index is 15.8. The number of halogens is 3. The molecule has 0 saturated heterocycles. The first-order valence-corrected chi connectivity index (χ1v) is 13.3. The van der Waals surface area contributed by atoms with Crippen molar-refractivity contribution < 1.29 is 18.7 Å². The first-order valence-electron chi connectivity index (χ1n) is 12.1. The lowest BCUT2D eigenvalue weighted by Gasteiger charge is -2.14. The van der Waals surface area contributed by atoms with Crippen LogP contribution in [0.1, 0.15) is 56.2 Å². The van der Waals surface area contributed by atoms with Crippen LogP contribution in [0.2, 0.25) is 5.02 Å². The molecule has 0 bridgehead atoms. The maximum Gasteiger partial charge on any atom is 0.314 e. The molecule has 2 aromatic heterocycles. The molecule has 9 heteroatoms. The Balaban J connectivity index is 1.55. The van der Waals surface area contributed by atoms with Gasteiger partial charge in [0.05, 0.1) is 27.8 Å². The molecule has 2 aliphatic rings. The third kappa shape index (κ3) is 3.65. The summed E-state index contributed by atoms with van der Waals surface area (Å²) in [4.78, 5) is 13.0. The molecule has 2 aromatic carbocycles. The smallest absolute Gasteiger partial charge is 0.314 e. The van der Waals surface area contributed by atoms with E-state index in [2.05, 4.69) is 12.0 Å². The predicted octanol–water partition coefficient (Wildman–Crippen LogP) is 7.31. The van der Waals surface area contributed by atoms with Crippen LogP contribution in [0.4, 0.5) is 8.78 Å². The van der Waals surface area contributed by atoms with Crippen molar-refractivity contribution in [3.05, 3.63) is 70.6 Å². The van der Waals surface area contributed by atoms with Crippen LogP contribution in [-0.4, -0.2) is 25.4 Å². The molecule has 2 heterocycles. The molecular weight excluding hydrogens is 504 g/mol. The quantitative estimate of drug-likeness (QED) is 0.261. The van der Waals surface area contributed by atoms with Crippen molar-refractivity contribution in [1.29, 1.82) is 0 Å². The average Bonchev–Trinajstić information content (AvgIpc) is 3.78. The molecule has 0 amide bonds. The van der Waals surface area contributed by atoms with Gasteiger partial charge in [-0.25, -0.2) is 8.78 Å². The molecular formula is C27H24ClF2N3O2S. The summed E-state index contributed by atoms with van der Waals surface area (Å²) in [5.41, 5.74) is 1.06. The summed E-state index contributed by atoms with van der Waals surface area (Å²) in [6.45, 7) is 2.81. The van der Waals surface area contributed by atoms with Crippen molar-refractivity contribution >= 4 is 40.2 Å². The number of aliphatic carboxylic acids is 1. The van der Waals surface area contributed by atoms with Gasteiger partial charge in [0.1, 0.15) is 5.82 Å². The highest BCUT2D eigenvalue weighted by Crippen LogP contribution is 2.54. The van der Waals surface area contributed by atoms with Crippen LogP contribution in [0.25, 0.3) is 16.6 Å². The van der Waals surface area contributed by atoms with E-state index in [0.717, 1.165) is 42.1 Å². The summed E-state index contributed by atoms with van der Waals surface area (Å²) in [7, 11) is 0. The molecule has 0 radical (unpaired) electrons. The van der Waals surface area contributed by atoms with Gasteiger partial charge in [-0.05, 0) is 50.3 Å². The van der Waals surface area contributed by atoms with E-state index < -0.39 is 23.0 Å². The fraction of sp³-hybridized carbons (Fsp3) is 0.333. The molecule has 5 nitrogen and oxygen atoms in total. The number of carboxylic acid groups (broad SMARTS) is 1. The summed E-state index contributed by atoms with van der Waals surface area (Å²) in [5.74, 6) is -1.84. The van der Waals surface area contributed by atoms with Crippen LogP contribution in [0.5, 0.6) is 0 Å². The van der Waals surface area contributed by atoms with Crippen LogP contribution in [0.3, 0.4) is 0 Å². The fourth-order valence-corrected chi connectivity index (χ4v) is 6.37. The number of benzene rings is 2. The highest BCUT2D eigenvalue weighted by Gasteiger charge is 2.53. The third-order valence-corrected chi connectivity index (χ3v) is 8.62. The van der Waals surface area contributed by atoms with Crippen LogP contribution < -0.4 is 0 Å². The number of hydrogen-bond donors (Lipinski definition) is 1. The fourth-order valence-electron chi connectivity index (χ4n) is 5.01. The summed E-state index contributed by atoms with van der Waals surface area (Å²) >= 11 is 7.45. The van der Waals surface area contributed by atoms with E-state index in [1.54, 1.807) is 30.5 Å². The predicted molar refractivity (Wildman–Crippen MR) is 135 cm³/mol. The molecule has 0 atom stereocenters. The molecule has 0 unspecified atom stereocenters. The summed E-state index contributed by atoms with van der Waals surface area (Å²) < 4.78 is 35.1. The molecule has 6 rings (SSSR count). The van der Waals surface area contributed by atoms with Crippen LogP contribution in [0, 0.1) is 11.6 Å². The molecule has 186 valence electrons. The maximum atomic E-state index is 15.8. The minimum atomic E-state index is -1.15. The van der Waals surface area contributed by atoms with E-state index in [1.807, 2.05) is 15.4 Å². The van der Waals surface area contributed by atoms with Gasteiger partial charge in [0.2, 0.25) is 0 Å². The molecule has 0 aliphatic heterocycles. The van der Waals surface area contributed by atoms with Gasteiger partial charge in [-0.1, -0.05) is 42.4 Å². The Labute approximate surface area is 216 Å². The molecule has 36 heavy (non-hydrogen) atoms. The molecule has 2 fully saturated rings. The average molecular weight is 528 g/mol. The Hall–Kier alpha value is -2.84. The van der Waals surface area contributed by atoms with Crippen molar-refractivity contribution in [2.75, 3.05) is 0 Å². The highest BCUT2D eigenvalue weighted by molar-refractivity contribution is 7.99. The van der Waals surface area contributed by atoms with E-state index in [4.69, 9.17) is 11.6 Å². The molecule has 2 aliphatic carbocycles. The topological polar surface area (TPSA) is 60.0 Å². The number of rotatable bonds is 8. The van der Waals surface area contributed by atoms with Gasteiger partial charge >= 0.3 is 5.97 Å². The number of carbonyl (C=O) groups is 1. The monoisotopic (exact) mass is 527 g/mol. The Morgan fingerprint density at radius 1 is 1.22 bits per heavy atom. The second kappa shape index (κ2) is 8.63. The lowest BCUT2D eigenvalue weighted by atomic mass is 9.96. The second-order valence-corrected chi connectivity index (χ2v) is 11.1. The van der Waals surface area contributed by atoms with E-state index >= 15 is 8.78 Å².